The molecule has 3 rings (SSSR count). The van der Waals surface area contributed by atoms with E-state index >= 15 is 0 Å². The highest BCUT2D eigenvalue weighted by Gasteiger charge is 2.15. The van der Waals surface area contributed by atoms with Crippen molar-refractivity contribution in [2.24, 2.45) is 0 Å². The number of rotatable bonds is 8. The van der Waals surface area contributed by atoms with Crippen molar-refractivity contribution in [1.29, 1.82) is 5.26 Å². The van der Waals surface area contributed by atoms with Crippen molar-refractivity contribution in [1.82, 2.24) is 0 Å². The van der Waals surface area contributed by atoms with E-state index in [9.17, 15) is 10.1 Å². The van der Waals surface area contributed by atoms with Crippen molar-refractivity contribution in [3.63, 3.8) is 0 Å². The Kier molecular flexibility index (Phi) is 8.28. The SMILES string of the molecule is CCOc1cc(/C=C(\C#N)C(=O)Nc2cc(C)ccc2C)c(Br)cc1OCc1ccccc1. The molecule has 3 aromatic rings. The number of amides is 1. The lowest BCUT2D eigenvalue weighted by Crippen LogP contribution is -2.14. The van der Waals surface area contributed by atoms with Gasteiger partial charge < -0.3 is 14.8 Å². The van der Waals surface area contributed by atoms with Crippen molar-refractivity contribution in [2.45, 2.75) is 27.4 Å². The number of aryl methyl sites for hydroxylation is 2. The second-order valence-electron chi connectivity index (χ2n) is 7.47. The van der Waals surface area contributed by atoms with Gasteiger partial charge in [-0.1, -0.05) is 58.4 Å². The minimum absolute atomic E-state index is 0.0167. The molecule has 0 spiro atoms. The zero-order valence-electron chi connectivity index (χ0n) is 18.8. The summed E-state index contributed by atoms with van der Waals surface area (Å²) in [5.74, 6) is 0.638. The van der Waals surface area contributed by atoms with E-state index in [0.717, 1.165) is 16.7 Å². The van der Waals surface area contributed by atoms with Crippen LogP contribution in [-0.2, 0) is 11.4 Å². The van der Waals surface area contributed by atoms with Gasteiger partial charge in [0.25, 0.3) is 5.91 Å². The Labute approximate surface area is 202 Å². The van der Waals surface area contributed by atoms with Crippen LogP contribution in [0.4, 0.5) is 5.69 Å². The van der Waals surface area contributed by atoms with Crippen LogP contribution in [0.3, 0.4) is 0 Å². The van der Waals surface area contributed by atoms with Gasteiger partial charge in [0.1, 0.15) is 18.2 Å². The molecular weight excluding hydrogens is 480 g/mol. The van der Waals surface area contributed by atoms with Crippen LogP contribution in [0.25, 0.3) is 6.08 Å². The molecule has 0 radical (unpaired) electrons. The molecule has 0 heterocycles. The van der Waals surface area contributed by atoms with Gasteiger partial charge >= 0.3 is 0 Å². The first-order valence-electron chi connectivity index (χ1n) is 10.5. The van der Waals surface area contributed by atoms with Gasteiger partial charge in [-0.15, -0.1) is 0 Å². The summed E-state index contributed by atoms with van der Waals surface area (Å²) in [5.41, 5.74) is 4.28. The van der Waals surface area contributed by atoms with Crippen molar-refractivity contribution >= 4 is 33.6 Å². The van der Waals surface area contributed by atoms with Gasteiger partial charge in [-0.25, -0.2) is 0 Å². The van der Waals surface area contributed by atoms with Gasteiger partial charge in [-0.05, 0) is 67.3 Å². The average molecular weight is 505 g/mol. The third-order valence-corrected chi connectivity index (χ3v) is 5.59. The summed E-state index contributed by atoms with van der Waals surface area (Å²) in [6, 6.07) is 21.2. The number of halogens is 1. The van der Waals surface area contributed by atoms with Crippen LogP contribution in [0.5, 0.6) is 11.5 Å². The Morgan fingerprint density at radius 1 is 1.06 bits per heavy atom. The van der Waals surface area contributed by atoms with Crippen LogP contribution in [0.2, 0.25) is 0 Å². The van der Waals surface area contributed by atoms with Crippen LogP contribution in [0.15, 0.2) is 70.7 Å². The van der Waals surface area contributed by atoms with Gasteiger partial charge in [-0.3, -0.25) is 4.79 Å². The first kappa shape index (κ1) is 24.1. The molecule has 1 N–H and O–H groups in total. The zero-order chi connectivity index (χ0) is 23.8. The second-order valence-corrected chi connectivity index (χ2v) is 8.32. The minimum Gasteiger partial charge on any atom is -0.490 e. The standard InChI is InChI=1S/C27H25BrN2O3/c1-4-32-25-14-21(23(28)15-26(25)33-17-20-8-6-5-7-9-20)13-22(16-29)27(31)30-24-12-18(2)10-11-19(24)3/h5-15H,4,17H2,1-3H3,(H,30,31)/b22-13+. The van der Waals surface area contributed by atoms with Gasteiger partial charge in [-0.2, -0.15) is 5.26 Å². The predicted molar refractivity (Wildman–Crippen MR) is 134 cm³/mol. The maximum absolute atomic E-state index is 12.8. The molecule has 0 atom stereocenters. The molecule has 0 fully saturated rings. The first-order chi connectivity index (χ1) is 15.9. The van der Waals surface area contributed by atoms with E-state index in [4.69, 9.17) is 9.47 Å². The lowest BCUT2D eigenvalue weighted by Gasteiger charge is -2.14. The van der Waals surface area contributed by atoms with Gasteiger partial charge in [0.05, 0.1) is 6.61 Å². The largest absolute Gasteiger partial charge is 0.490 e. The molecule has 5 nitrogen and oxygen atoms in total. The molecule has 3 aromatic carbocycles. The Morgan fingerprint density at radius 2 is 1.79 bits per heavy atom. The lowest BCUT2D eigenvalue weighted by atomic mass is 10.1. The molecule has 33 heavy (non-hydrogen) atoms. The lowest BCUT2D eigenvalue weighted by molar-refractivity contribution is -0.112. The maximum Gasteiger partial charge on any atom is 0.266 e. The third-order valence-electron chi connectivity index (χ3n) is 4.91. The van der Waals surface area contributed by atoms with Gasteiger partial charge in [0.2, 0.25) is 0 Å². The average Bonchev–Trinajstić information content (AvgIpc) is 2.81. The summed E-state index contributed by atoms with van der Waals surface area (Å²) in [5, 5.41) is 12.5. The number of carbonyl (C=O) groups is 1. The molecule has 0 saturated heterocycles. The fourth-order valence-electron chi connectivity index (χ4n) is 3.14. The van der Waals surface area contributed by atoms with E-state index in [0.29, 0.717) is 40.4 Å². The summed E-state index contributed by atoms with van der Waals surface area (Å²) in [7, 11) is 0. The molecule has 6 heteroatoms. The van der Waals surface area contributed by atoms with E-state index in [2.05, 4.69) is 21.2 Å². The highest BCUT2D eigenvalue weighted by Crippen LogP contribution is 2.35. The zero-order valence-corrected chi connectivity index (χ0v) is 20.4. The number of benzene rings is 3. The van der Waals surface area contributed by atoms with Crippen LogP contribution < -0.4 is 14.8 Å². The highest BCUT2D eigenvalue weighted by atomic mass is 79.9. The summed E-state index contributed by atoms with van der Waals surface area (Å²) < 4.78 is 12.4. The Morgan fingerprint density at radius 3 is 2.48 bits per heavy atom. The van der Waals surface area contributed by atoms with Crippen LogP contribution >= 0.6 is 15.9 Å². The Bertz CT molecular complexity index is 1210. The molecule has 0 bridgehead atoms. The molecule has 0 unspecified atom stereocenters. The third kappa shape index (κ3) is 6.47. The maximum atomic E-state index is 12.8. The first-order valence-corrected chi connectivity index (χ1v) is 11.3. The number of carbonyl (C=O) groups excluding carboxylic acids is 1. The fourth-order valence-corrected chi connectivity index (χ4v) is 3.58. The molecule has 0 aromatic heterocycles. The molecule has 0 aliphatic rings. The predicted octanol–water partition coefficient (Wildman–Crippen LogP) is 6.59. The van der Waals surface area contributed by atoms with E-state index < -0.39 is 5.91 Å². The van der Waals surface area contributed by atoms with E-state index in [-0.39, 0.29) is 5.57 Å². The quantitative estimate of drug-likeness (QED) is 0.277. The van der Waals surface area contributed by atoms with E-state index in [1.165, 1.54) is 6.08 Å². The molecule has 168 valence electrons. The molecule has 0 aliphatic heterocycles. The second kappa shape index (κ2) is 11.3. The number of ether oxygens (including phenoxy) is 2. The number of nitrogens with zero attached hydrogens (tertiary/aromatic N) is 1. The number of nitriles is 1. The van der Waals surface area contributed by atoms with E-state index in [1.54, 1.807) is 12.1 Å². The summed E-state index contributed by atoms with van der Waals surface area (Å²) in [6.07, 6.45) is 1.54. The number of hydrogen-bond donors (Lipinski definition) is 1. The van der Waals surface area contributed by atoms with Gasteiger partial charge in [0, 0.05) is 10.2 Å². The number of nitrogens with one attached hydrogen (secondary N) is 1. The van der Waals surface area contributed by atoms with Crippen LogP contribution in [0, 0.1) is 25.2 Å². The number of anilines is 1. The minimum atomic E-state index is -0.472. The molecule has 1 amide bonds. The van der Waals surface area contributed by atoms with Crippen LogP contribution in [0.1, 0.15) is 29.2 Å². The van der Waals surface area contributed by atoms with Crippen molar-refractivity contribution in [2.75, 3.05) is 11.9 Å². The highest BCUT2D eigenvalue weighted by molar-refractivity contribution is 9.10. The van der Waals surface area contributed by atoms with Crippen molar-refractivity contribution in [3.8, 4) is 17.6 Å². The number of hydrogen-bond acceptors (Lipinski definition) is 4. The summed E-state index contributed by atoms with van der Waals surface area (Å²) in [6.45, 7) is 6.58. The topological polar surface area (TPSA) is 71.3 Å². The van der Waals surface area contributed by atoms with Gasteiger partial charge in [0.15, 0.2) is 11.5 Å². The fraction of sp³-hybridized carbons (Fsp3) is 0.185. The molecule has 0 aliphatic carbocycles. The molecular formula is C27H25BrN2O3. The van der Waals surface area contributed by atoms with E-state index in [1.807, 2.05) is 75.4 Å². The monoisotopic (exact) mass is 504 g/mol. The normalized spacial score (nSPS) is 10.9. The smallest absolute Gasteiger partial charge is 0.266 e. The Balaban J connectivity index is 1.86. The Hall–Kier alpha value is -3.56. The van der Waals surface area contributed by atoms with Crippen molar-refractivity contribution < 1.29 is 14.3 Å². The molecule has 0 saturated carbocycles. The van der Waals surface area contributed by atoms with Crippen molar-refractivity contribution in [3.05, 3.63) is 93.0 Å². The van der Waals surface area contributed by atoms with Crippen LogP contribution in [-0.4, -0.2) is 12.5 Å². The summed E-state index contributed by atoms with van der Waals surface area (Å²) >= 11 is 3.53. The summed E-state index contributed by atoms with van der Waals surface area (Å²) in [4.78, 5) is 12.8.